The number of amides is 3. The zero-order valence-electron chi connectivity index (χ0n) is 22.6. The van der Waals surface area contributed by atoms with Gasteiger partial charge in [-0.25, -0.2) is 0 Å². The maximum Gasteiger partial charge on any atom is 0.242 e. The van der Waals surface area contributed by atoms with Gasteiger partial charge >= 0.3 is 0 Å². The van der Waals surface area contributed by atoms with Crippen molar-refractivity contribution in [2.45, 2.75) is 116 Å². The molecule has 7 heteroatoms. The highest BCUT2D eigenvalue weighted by Crippen LogP contribution is 2.21. The highest BCUT2D eigenvalue weighted by atomic mass is 16.3. The number of unbranched alkanes of at least 4 members (excludes halogenated alkanes) is 4. The molecule has 0 saturated carbocycles. The van der Waals surface area contributed by atoms with Gasteiger partial charge in [-0.2, -0.15) is 0 Å². The molecule has 0 aromatic rings. The lowest BCUT2D eigenvalue weighted by Crippen LogP contribution is -2.52. The Morgan fingerprint density at radius 2 is 1.83 bits per heavy atom. The van der Waals surface area contributed by atoms with E-state index in [9.17, 15) is 19.5 Å². The van der Waals surface area contributed by atoms with E-state index in [1.807, 2.05) is 19.9 Å². The molecule has 7 nitrogen and oxygen atoms in total. The van der Waals surface area contributed by atoms with Crippen molar-refractivity contribution in [2.75, 3.05) is 13.7 Å². The second-order valence-electron chi connectivity index (χ2n) is 10.5. The van der Waals surface area contributed by atoms with Crippen LogP contribution in [0.2, 0.25) is 0 Å². The number of aliphatic hydroxyl groups excluding tert-OH is 1. The first-order valence-electron chi connectivity index (χ1n) is 13.9. The Morgan fingerprint density at radius 1 is 1.09 bits per heavy atom. The summed E-state index contributed by atoms with van der Waals surface area (Å²) in [6.07, 6.45) is 15.9. The van der Waals surface area contributed by atoms with Crippen molar-refractivity contribution in [3.63, 3.8) is 0 Å². The predicted molar refractivity (Wildman–Crippen MR) is 142 cm³/mol. The van der Waals surface area contributed by atoms with E-state index in [4.69, 9.17) is 0 Å². The van der Waals surface area contributed by atoms with Gasteiger partial charge < -0.3 is 21.1 Å². The van der Waals surface area contributed by atoms with E-state index in [2.05, 4.69) is 29.0 Å². The molecule has 202 valence electrons. The summed E-state index contributed by atoms with van der Waals surface area (Å²) in [7, 11) is 1.60. The zero-order chi connectivity index (χ0) is 26.1. The van der Waals surface area contributed by atoms with E-state index < -0.39 is 12.1 Å². The summed E-state index contributed by atoms with van der Waals surface area (Å²) >= 11 is 0. The van der Waals surface area contributed by atoms with Crippen LogP contribution in [0, 0.1) is 17.8 Å². The number of allylic oxidation sites excluding steroid dienone is 2. The van der Waals surface area contributed by atoms with Crippen molar-refractivity contribution in [1.29, 1.82) is 0 Å². The van der Waals surface area contributed by atoms with Crippen LogP contribution < -0.4 is 16.0 Å². The third-order valence-electron chi connectivity index (χ3n) is 6.88. The summed E-state index contributed by atoms with van der Waals surface area (Å²) in [5.41, 5.74) is 0. The van der Waals surface area contributed by atoms with E-state index in [-0.39, 0.29) is 42.1 Å². The molecule has 0 saturated heterocycles. The highest BCUT2D eigenvalue weighted by Gasteiger charge is 2.29. The Morgan fingerprint density at radius 3 is 2.49 bits per heavy atom. The molecule has 2 unspecified atom stereocenters. The van der Waals surface area contributed by atoms with Crippen LogP contribution >= 0.6 is 0 Å². The third-order valence-corrected chi connectivity index (χ3v) is 6.88. The molecule has 4 atom stereocenters. The lowest BCUT2D eigenvalue weighted by molar-refractivity contribution is -0.132. The van der Waals surface area contributed by atoms with E-state index in [1.54, 1.807) is 7.05 Å². The number of nitrogens with one attached hydrogen (secondary N) is 3. The lowest BCUT2D eigenvalue weighted by Gasteiger charge is -2.27. The smallest absolute Gasteiger partial charge is 0.242 e. The number of aliphatic hydroxyl groups is 1. The SMILES string of the molecule is CCCCCCCC1CCCC/C=C/CC(C(=O)NC)C[C@@H](CO)NC(=O)[C@H](CC(C)C)NC1=O. The third kappa shape index (κ3) is 13.1. The molecule has 1 heterocycles. The Kier molecular flexibility index (Phi) is 16.4. The number of rotatable bonds is 10. The van der Waals surface area contributed by atoms with Gasteiger partial charge in [-0.05, 0) is 50.9 Å². The van der Waals surface area contributed by atoms with Gasteiger partial charge in [0.15, 0.2) is 0 Å². The first kappa shape index (κ1) is 31.1. The predicted octanol–water partition coefficient (Wildman–Crippen LogP) is 4.24. The molecule has 4 N–H and O–H groups in total. The monoisotopic (exact) mass is 493 g/mol. The second kappa shape index (κ2) is 18.4. The van der Waals surface area contributed by atoms with Crippen LogP contribution in [0.5, 0.6) is 0 Å². The molecule has 1 rings (SSSR count). The van der Waals surface area contributed by atoms with Crippen LogP contribution in [0.3, 0.4) is 0 Å². The molecular formula is C28H51N3O4. The number of carbonyl (C=O) groups excluding carboxylic acids is 3. The van der Waals surface area contributed by atoms with Gasteiger partial charge in [0, 0.05) is 18.9 Å². The molecule has 35 heavy (non-hydrogen) atoms. The van der Waals surface area contributed by atoms with Crippen LogP contribution in [0.15, 0.2) is 12.2 Å². The Balaban J connectivity index is 3.03. The standard InChI is InChI=1S/C28H51N3O4/c1-5-6-7-9-12-15-22-16-13-10-8-11-14-17-23(26(33)29-4)19-24(20-32)30-28(35)25(18-21(2)3)31-27(22)34/h11,14,21-25,32H,5-10,12-13,15-20H2,1-4H3,(H,29,33)(H,30,35)(H,31,34)/b14-11+/t22?,23?,24-,25-/m0/s1. The van der Waals surface area contributed by atoms with Crippen molar-refractivity contribution >= 4 is 17.7 Å². The number of hydrogen-bond acceptors (Lipinski definition) is 4. The van der Waals surface area contributed by atoms with Gasteiger partial charge in [0.05, 0.1) is 12.6 Å². The molecular weight excluding hydrogens is 442 g/mol. The van der Waals surface area contributed by atoms with Crippen LogP contribution in [-0.4, -0.2) is 48.6 Å². The molecule has 0 fully saturated rings. The average molecular weight is 494 g/mol. The summed E-state index contributed by atoms with van der Waals surface area (Å²) in [4.78, 5) is 38.9. The number of carbonyl (C=O) groups is 3. The Labute approximate surface area is 213 Å². The van der Waals surface area contributed by atoms with Gasteiger partial charge in [-0.1, -0.05) is 71.4 Å². The summed E-state index contributed by atoms with van der Waals surface area (Å²) in [5, 5.41) is 18.6. The van der Waals surface area contributed by atoms with Gasteiger partial charge in [-0.15, -0.1) is 0 Å². The molecule has 1 aliphatic rings. The van der Waals surface area contributed by atoms with Gasteiger partial charge in [-0.3, -0.25) is 14.4 Å². The first-order chi connectivity index (χ1) is 16.8. The fourth-order valence-electron chi connectivity index (χ4n) is 4.76. The van der Waals surface area contributed by atoms with Crippen LogP contribution in [0.1, 0.15) is 104 Å². The van der Waals surface area contributed by atoms with Crippen LogP contribution in [0.25, 0.3) is 0 Å². The van der Waals surface area contributed by atoms with Crippen molar-refractivity contribution in [3.05, 3.63) is 12.2 Å². The summed E-state index contributed by atoms with van der Waals surface area (Å²) in [6.45, 7) is 6.00. The normalized spacial score (nSPS) is 26.1. The van der Waals surface area contributed by atoms with E-state index >= 15 is 0 Å². The molecule has 1 aliphatic heterocycles. The van der Waals surface area contributed by atoms with E-state index in [1.165, 1.54) is 19.3 Å². The minimum absolute atomic E-state index is 0.0345. The van der Waals surface area contributed by atoms with Crippen molar-refractivity contribution in [3.8, 4) is 0 Å². The quantitative estimate of drug-likeness (QED) is 0.270. The Bertz CT molecular complexity index is 650. The average Bonchev–Trinajstić information content (AvgIpc) is 2.83. The number of hydrogen-bond donors (Lipinski definition) is 4. The molecule has 0 bridgehead atoms. The molecule has 0 aromatic heterocycles. The largest absolute Gasteiger partial charge is 0.394 e. The molecule has 0 radical (unpaired) electrons. The topological polar surface area (TPSA) is 108 Å². The van der Waals surface area contributed by atoms with Crippen molar-refractivity contribution in [2.24, 2.45) is 17.8 Å². The minimum atomic E-state index is -0.648. The maximum atomic E-state index is 13.3. The highest BCUT2D eigenvalue weighted by molar-refractivity contribution is 5.88. The summed E-state index contributed by atoms with van der Waals surface area (Å²) in [6, 6.07) is -1.20. The fraction of sp³-hybridized carbons (Fsp3) is 0.821. The fourth-order valence-corrected chi connectivity index (χ4v) is 4.76. The first-order valence-corrected chi connectivity index (χ1v) is 13.9. The minimum Gasteiger partial charge on any atom is -0.394 e. The van der Waals surface area contributed by atoms with Crippen molar-refractivity contribution < 1.29 is 19.5 Å². The molecule has 0 aromatic carbocycles. The van der Waals surface area contributed by atoms with E-state index in [0.717, 1.165) is 44.9 Å². The zero-order valence-corrected chi connectivity index (χ0v) is 22.6. The summed E-state index contributed by atoms with van der Waals surface area (Å²) < 4.78 is 0. The lowest BCUT2D eigenvalue weighted by atomic mass is 9.92. The van der Waals surface area contributed by atoms with Crippen LogP contribution in [-0.2, 0) is 14.4 Å². The molecule has 3 amide bonds. The van der Waals surface area contributed by atoms with Crippen molar-refractivity contribution in [1.82, 2.24) is 16.0 Å². The second-order valence-corrected chi connectivity index (χ2v) is 10.5. The van der Waals surface area contributed by atoms with Gasteiger partial charge in [0.2, 0.25) is 17.7 Å². The molecule has 0 aliphatic carbocycles. The van der Waals surface area contributed by atoms with Crippen LogP contribution in [0.4, 0.5) is 0 Å². The van der Waals surface area contributed by atoms with Gasteiger partial charge in [0.25, 0.3) is 0 Å². The van der Waals surface area contributed by atoms with E-state index in [0.29, 0.717) is 19.3 Å². The molecule has 0 spiro atoms. The Hall–Kier alpha value is -1.89. The maximum absolute atomic E-state index is 13.3. The summed E-state index contributed by atoms with van der Waals surface area (Å²) in [5.74, 6) is -0.615. The van der Waals surface area contributed by atoms with Gasteiger partial charge in [0.1, 0.15) is 6.04 Å².